The van der Waals surface area contributed by atoms with Gasteiger partial charge in [0.1, 0.15) is 0 Å². The highest BCUT2D eigenvalue weighted by molar-refractivity contribution is 4.46. The van der Waals surface area contributed by atoms with E-state index >= 15 is 0 Å². The number of unbranched alkanes of at least 4 members (excludes halogenated alkanes) is 9. The number of hydrogen-bond donors (Lipinski definition) is 2. The quantitative estimate of drug-likeness (QED) is 0.534. The van der Waals surface area contributed by atoms with Crippen molar-refractivity contribution in [3.63, 3.8) is 0 Å². The average molecular weight is 246 g/mol. The minimum Gasteiger partial charge on any atom is -0.396 e. The average Bonchev–Trinajstić information content (AvgIpc) is 2.37. The van der Waals surface area contributed by atoms with Crippen LogP contribution in [0.1, 0.15) is 84.5 Å². The minimum absolute atomic E-state index is 0.319. The maximum Gasteiger partial charge on any atom is 0.0431 e. The molecule has 0 unspecified atom stereocenters. The monoisotopic (exact) mass is 246 g/mol. The zero-order valence-electron chi connectivity index (χ0n) is 12.1. The highest BCUT2D eigenvalue weighted by Crippen LogP contribution is 2.09. The second-order valence-electron chi connectivity index (χ2n) is 4.63. The zero-order chi connectivity index (χ0) is 13.2. The molecule has 106 valence electrons. The molecule has 2 heteroatoms. The maximum atomic E-state index is 8.57. The Morgan fingerprint density at radius 2 is 0.824 bits per heavy atom. The van der Waals surface area contributed by atoms with Crippen LogP contribution in [0.25, 0.3) is 0 Å². The van der Waals surface area contributed by atoms with Crippen LogP contribution in [-0.2, 0) is 0 Å². The summed E-state index contributed by atoms with van der Waals surface area (Å²) in [4.78, 5) is 0. The molecule has 0 bridgehead atoms. The lowest BCUT2D eigenvalue weighted by atomic mass is 10.1. The maximum absolute atomic E-state index is 8.57. The summed E-state index contributed by atoms with van der Waals surface area (Å²) in [5.41, 5.74) is 0. The van der Waals surface area contributed by atoms with Gasteiger partial charge >= 0.3 is 0 Å². The second-order valence-corrected chi connectivity index (χ2v) is 4.63. The molecule has 0 saturated carbocycles. The van der Waals surface area contributed by atoms with Gasteiger partial charge in [0.15, 0.2) is 0 Å². The molecule has 0 aromatic carbocycles. The lowest BCUT2D eigenvalue weighted by molar-refractivity contribution is 0.282. The van der Waals surface area contributed by atoms with Crippen LogP contribution in [0.2, 0.25) is 0 Å². The van der Waals surface area contributed by atoms with Crippen molar-refractivity contribution in [3.05, 3.63) is 0 Å². The summed E-state index contributed by atoms with van der Waals surface area (Å²) < 4.78 is 0. The van der Waals surface area contributed by atoms with Crippen molar-refractivity contribution in [1.82, 2.24) is 0 Å². The Morgan fingerprint density at radius 3 is 1.12 bits per heavy atom. The van der Waals surface area contributed by atoms with E-state index in [2.05, 4.69) is 6.92 Å². The summed E-state index contributed by atoms with van der Waals surface area (Å²) in [6, 6.07) is 0. The number of aliphatic hydroxyl groups excluding tert-OH is 2. The van der Waals surface area contributed by atoms with Gasteiger partial charge in [0, 0.05) is 13.2 Å². The molecule has 0 fully saturated rings. The summed E-state index contributed by atoms with van der Waals surface area (Å²) in [6.45, 7) is 4.88. The van der Waals surface area contributed by atoms with Crippen LogP contribution >= 0.6 is 0 Å². The van der Waals surface area contributed by atoms with E-state index in [-0.39, 0.29) is 0 Å². The molecule has 0 spiro atoms. The van der Waals surface area contributed by atoms with Gasteiger partial charge in [-0.05, 0) is 12.8 Å². The molecule has 0 aliphatic rings. The van der Waals surface area contributed by atoms with Gasteiger partial charge in [-0.25, -0.2) is 0 Å². The molecular formula is C15H34O2. The van der Waals surface area contributed by atoms with Crippen molar-refractivity contribution in [3.8, 4) is 0 Å². The van der Waals surface area contributed by atoms with Gasteiger partial charge in [0.25, 0.3) is 0 Å². The molecule has 0 heterocycles. The lowest BCUT2D eigenvalue weighted by Gasteiger charge is -2.00. The van der Waals surface area contributed by atoms with E-state index in [9.17, 15) is 0 Å². The fourth-order valence-electron chi connectivity index (χ4n) is 1.60. The van der Waals surface area contributed by atoms with Crippen LogP contribution in [0.15, 0.2) is 0 Å². The van der Waals surface area contributed by atoms with Crippen LogP contribution < -0.4 is 0 Å². The van der Waals surface area contributed by atoms with Crippen molar-refractivity contribution in [2.24, 2.45) is 0 Å². The fourth-order valence-corrected chi connectivity index (χ4v) is 1.60. The SMILES string of the molecule is CCCCCCCCCCCCO.CCCO. The predicted molar refractivity (Wildman–Crippen MR) is 76.3 cm³/mol. The van der Waals surface area contributed by atoms with Crippen LogP contribution in [0.3, 0.4) is 0 Å². The molecule has 0 amide bonds. The van der Waals surface area contributed by atoms with Gasteiger partial charge in [-0.3, -0.25) is 0 Å². The molecule has 0 radical (unpaired) electrons. The Balaban J connectivity index is 0. The molecule has 0 aliphatic heterocycles. The number of aliphatic hydroxyl groups is 2. The molecule has 0 aliphatic carbocycles. The van der Waals surface area contributed by atoms with Crippen molar-refractivity contribution < 1.29 is 10.2 Å². The van der Waals surface area contributed by atoms with Gasteiger partial charge in [-0.1, -0.05) is 71.6 Å². The van der Waals surface area contributed by atoms with Crippen LogP contribution in [0.4, 0.5) is 0 Å². The summed E-state index contributed by atoms with van der Waals surface area (Å²) in [5, 5.41) is 16.4. The Labute approximate surface area is 108 Å². The first kappa shape index (κ1) is 19.3. The third-order valence-electron chi connectivity index (χ3n) is 2.74. The highest BCUT2D eigenvalue weighted by atomic mass is 16.3. The molecule has 0 atom stereocenters. The van der Waals surface area contributed by atoms with E-state index in [1.165, 1.54) is 57.8 Å². The summed E-state index contributed by atoms with van der Waals surface area (Å²) in [7, 11) is 0. The van der Waals surface area contributed by atoms with Crippen LogP contribution in [0.5, 0.6) is 0 Å². The molecule has 2 nitrogen and oxygen atoms in total. The first-order chi connectivity index (χ1) is 8.33. The van der Waals surface area contributed by atoms with Gasteiger partial charge in [0.2, 0.25) is 0 Å². The Hall–Kier alpha value is -0.0800. The number of rotatable bonds is 11. The van der Waals surface area contributed by atoms with Gasteiger partial charge in [0.05, 0.1) is 0 Å². The van der Waals surface area contributed by atoms with Crippen molar-refractivity contribution in [1.29, 1.82) is 0 Å². The molecule has 0 aromatic rings. The molecular weight excluding hydrogens is 212 g/mol. The van der Waals surface area contributed by atoms with Crippen LogP contribution in [0, 0.1) is 0 Å². The molecule has 0 rings (SSSR count). The van der Waals surface area contributed by atoms with E-state index in [0.717, 1.165) is 12.8 Å². The predicted octanol–water partition coefficient (Wildman–Crippen LogP) is 4.29. The van der Waals surface area contributed by atoms with Crippen molar-refractivity contribution >= 4 is 0 Å². The standard InChI is InChI=1S/C12H26O.C3H8O/c1-2-3-4-5-6-7-8-9-10-11-12-13;1-2-3-4/h13H,2-12H2,1H3;4H,2-3H2,1H3. The second kappa shape index (κ2) is 21.2. The first-order valence-electron chi connectivity index (χ1n) is 7.55. The highest BCUT2D eigenvalue weighted by Gasteiger charge is 1.91. The molecule has 0 aromatic heterocycles. The largest absolute Gasteiger partial charge is 0.396 e. The van der Waals surface area contributed by atoms with Crippen LogP contribution in [-0.4, -0.2) is 23.4 Å². The molecule has 0 saturated heterocycles. The Morgan fingerprint density at radius 1 is 0.471 bits per heavy atom. The number of hydrogen-bond acceptors (Lipinski definition) is 2. The minimum atomic E-state index is 0.319. The van der Waals surface area contributed by atoms with E-state index < -0.39 is 0 Å². The van der Waals surface area contributed by atoms with E-state index in [0.29, 0.717) is 13.2 Å². The first-order valence-corrected chi connectivity index (χ1v) is 7.55. The lowest BCUT2D eigenvalue weighted by Crippen LogP contribution is -1.84. The molecule has 17 heavy (non-hydrogen) atoms. The summed E-state index contributed by atoms with van der Waals surface area (Å²) >= 11 is 0. The Bertz CT molecular complexity index is 93.1. The topological polar surface area (TPSA) is 40.5 Å². The zero-order valence-corrected chi connectivity index (χ0v) is 12.1. The van der Waals surface area contributed by atoms with E-state index in [1.54, 1.807) is 0 Å². The summed E-state index contributed by atoms with van der Waals surface area (Å²) in [6.07, 6.45) is 14.2. The summed E-state index contributed by atoms with van der Waals surface area (Å²) in [5.74, 6) is 0. The molecule has 2 N–H and O–H groups in total. The van der Waals surface area contributed by atoms with Gasteiger partial charge in [-0.15, -0.1) is 0 Å². The van der Waals surface area contributed by atoms with Gasteiger partial charge < -0.3 is 10.2 Å². The van der Waals surface area contributed by atoms with Crippen molar-refractivity contribution in [2.75, 3.05) is 13.2 Å². The smallest absolute Gasteiger partial charge is 0.0431 e. The third-order valence-corrected chi connectivity index (χ3v) is 2.74. The van der Waals surface area contributed by atoms with E-state index in [1.807, 2.05) is 6.92 Å². The normalized spacial score (nSPS) is 9.88. The van der Waals surface area contributed by atoms with E-state index in [4.69, 9.17) is 10.2 Å². The third kappa shape index (κ3) is 25.9. The Kier molecular flexibility index (Phi) is 24.1. The van der Waals surface area contributed by atoms with Crippen molar-refractivity contribution in [2.45, 2.75) is 84.5 Å². The fraction of sp³-hybridized carbons (Fsp3) is 1.00. The van der Waals surface area contributed by atoms with Gasteiger partial charge in [-0.2, -0.15) is 0 Å².